The van der Waals surface area contributed by atoms with Crippen molar-refractivity contribution in [3.05, 3.63) is 60.6 Å². The molecule has 1 aliphatic heterocycles. The van der Waals surface area contributed by atoms with E-state index in [9.17, 15) is 8.42 Å². The van der Waals surface area contributed by atoms with Gasteiger partial charge in [-0.1, -0.05) is 19.6 Å². The molecule has 2 fully saturated rings. The number of nitrogens with zero attached hydrogens (tertiary/aromatic N) is 6. The monoisotopic (exact) mass is 629 g/mol. The Bertz CT molecular complexity index is 1840. The molecule has 2 aromatic carbocycles. The van der Waals surface area contributed by atoms with E-state index in [0.717, 1.165) is 43.7 Å². The van der Waals surface area contributed by atoms with Crippen LogP contribution in [-0.4, -0.2) is 66.9 Å². The van der Waals surface area contributed by atoms with Crippen LogP contribution >= 0.6 is 0 Å². The van der Waals surface area contributed by atoms with E-state index >= 15 is 0 Å². The predicted molar refractivity (Wildman–Crippen MR) is 180 cm³/mol. The van der Waals surface area contributed by atoms with Crippen molar-refractivity contribution in [3.8, 4) is 5.75 Å². The molecule has 12 nitrogen and oxygen atoms in total. The van der Waals surface area contributed by atoms with Gasteiger partial charge in [-0.15, -0.1) is 0 Å². The first-order valence-electron chi connectivity index (χ1n) is 15.2. The summed E-state index contributed by atoms with van der Waals surface area (Å²) < 4.78 is 33.8. The van der Waals surface area contributed by atoms with Crippen molar-refractivity contribution >= 4 is 61.6 Å². The summed E-state index contributed by atoms with van der Waals surface area (Å²) in [7, 11) is -0.377. The summed E-state index contributed by atoms with van der Waals surface area (Å²) in [4.78, 5) is 20.6. The Labute approximate surface area is 263 Å². The summed E-state index contributed by atoms with van der Waals surface area (Å²) in [5.74, 6) is 1.45. The minimum atomic E-state index is -3.58. The molecule has 1 aliphatic carbocycles. The normalized spacial score (nSPS) is 15.6. The van der Waals surface area contributed by atoms with Crippen LogP contribution in [0.2, 0.25) is 0 Å². The Hall–Kier alpha value is -4.49. The molecule has 0 unspecified atom stereocenters. The highest BCUT2D eigenvalue weighted by molar-refractivity contribution is 7.93. The van der Waals surface area contributed by atoms with Crippen LogP contribution in [0.3, 0.4) is 0 Å². The fourth-order valence-corrected chi connectivity index (χ4v) is 7.32. The maximum Gasteiger partial charge on any atom is 0.237 e. The third kappa shape index (κ3) is 6.09. The Morgan fingerprint density at radius 1 is 1.09 bits per heavy atom. The van der Waals surface area contributed by atoms with Gasteiger partial charge in [0.1, 0.15) is 22.8 Å². The van der Waals surface area contributed by atoms with Crippen LogP contribution < -0.4 is 30.3 Å². The van der Waals surface area contributed by atoms with Gasteiger partial charge >= 0.3 is 0 Å². The molecule has 1 saturated carbocycles. The molecular weight excluding hydrogens is 590 g/mol. The van der Waals surface area contributed by atoms with E-state index in [4.69, 9.17) is 15.5 Å². The fraction of sp³-hybridized carbons (Fsp3) is 0.375. The van der Waals surface area contributed by atoms with Crippen LogP contribution in [0.15, 0.2) is 49.4 Å². The molecule has 0 spiro atoms. The van der Waals surface area contributed by atoms with Crippen molar-refractivity contribution in [3.63, 3.8) is 0 Å². The van der Waals surface area contributed by atoms with Crippen LogP contribution in [0.25, 0.3) is 17.1 Å². The molecule has 6 rings (SSSR count). The number of ether oxygens (including phenoxy) is 1. The maximum absolute atomic E-state index is 13.4. The number of aromatic nitrogens is 4. The van der Waals surface area contributed by atoms with Gasteiger partial charge in [-0.2, -0.15) is 4.98 Å². The van der Waals surface area contributed by atoms with Crippen LogP contribution in [0.5, 0.6) is 5.75 Å². The number of fused-ring (bicyclic) bond motifs is 1. The average Bonchev–Trinajstić information content (AvgIpc) is 3.91. The predicted octanol–water partition coefficient (Wildman–Crippen LogP) is 4.98. The lowest BCUT2D eigenvalue weighted by Crippen LogP contribution is -2.40. The number of piperidine rings is 1. The summed E-state index contributed by atoms with van der Waals surface area (Å²) in [6.07, 6.45) is 10.5. The molecule has 236 valence electrons. The average molecular weight is 630 g/mol. The van der Waals surface area contributed by atoms with Crippen molar-refractivity contribution in [1.82, 2.24) is 19.9 Å². The lowest BCUT2D eigenvalue weighted by Gasteiger charge is -2.34. The molecule has 0 radical (unpaired) electrons. The number of rotatable bonds is 11. The third-order valence-electron chi connectivity index (χ3n) is 8.45. The van der Waals surface area contributed by atoms with Crippen molar-refractivity contribution in [1.29, 1.82) is 0 Å². The van der Waals surface area contributed by atoms with Crippen LogP contribution in [-0.2, 0) is 16.4 Å². The van der Waals surface area contributed by atoms with E-state index in [2.05, 4.69) is 56.1 Å². The molecule has 1 saturated heterocycles. The summed E-state index contributed by atoms with van der Waals surface area (Å²) in [5.41, 5.74) is 11.8. The van der Waals surface area contributed by atoms with Gasteiger partial charge in [0.05, 0.1) is 29.3 Å². The number of nitrogens with two attached hydrogens (primary N) is 1. The Morgan fingerprint density at radius 2 is 1.84 bits per heavy atom. The fourth-order valence-electron chi connectivity index (χ4n) is 5.71. The first kappa shape index (κ1) is 30.5. The van der Waals surface area contributed by atoms with Crippen molar-refractivity contribution < 1.29 is 13.2 Å². The van der Waals surface area contributed by atoms with Crippen LogP contribution in [0.1, 0.15) is 43.7 Å². The van der Waals surface area contributed by atoms with Gasteiger partial charge < -0.3 is 26.0 Å². The van der Waals surface area contributed by atoms with Gasteiger partial charge in [-0.3, -0.25) is 14.3 Å². The quantitative estimate of drug-likeness (QED) is 0.206. The SMILES string of the molecule is C=Cc1cnc(Nc2cc(CC)c(N3CCC(N)CC3)cc2OC)nc1Nc1ccc2nccnc2c1N(C)S(=O)(=O)C1CC1. The Balaban J connectivity index is 1.35. The second kappa shape index (κ2) is 12.5. The van der Waals surface area contributed by atoms with Gasteiger partial charge in [0, 0.05) is 62.1 Å². The van der Waals surface area contributed by atoms with E-state index in [1.165, 1.54) is 9.87 Å². The van der Waals surface area contributed by atoms with Crippen LogP contribution in [0, 0.1) is 0 Å². The smallest absolute Gasteiger partial charge is 0.237 e. The minimum Gasteiger partial charge on any atom is -0.494 e. The van der Waals surface area contributed by atoms with Gasteiger partial charge in [0.15, 0.2) is 0 Å². The Morgan fingerprint density at radius 3 is 2.53 bits per heavy atom. The van der Waals surface area contributed by atoms with Gasteiger partial charge in [0.25, 0.3) is 0 Å². The summed E-state index contributed by atoms with van der Waals surface area (Å²) >= 11 is 0. The lowest BCUT2D eigenvalue weighted by atomic mass is 10.0. The number of methoxy groups -OCH3 is 1. The van der Waals surface area contributed by atoms with E-state index in [1.807, 2.05) is 0 Å². The molecule has 0 amide bonds. The zero-order valence-corrected chi connectivity index (χ0v) is 26.6. The van der Waals surface area contributed by atoms with Crippen LogP contribution in [0.4, 0.5) is 34.5 Å². The molecule has 4 aromatic rings. The maximum atomic E-state index is 13.4. The third-order valence-corrected chi connectivity index (χ3v) is 10.7. The highest BCUT2D eigenvalue weighted by Gasteiger charge is 2.40. The molecule has 0 bridgehead atoms. The summed E-state index contributed by atoms with van der Waals surface area (Å²) in [5, 5.41) is 6.28. The molecule has 0 atom stereocenters. The zero-order chi connectivity index (χ0) is 31.7. The minimum absolute atomic E-state index is 0.245. The number of sulfonamides is 1. The standard InChI is InChI=1S/C32H39N9O3S/c1-5-20-17-26(28(44-4)18-27(20)41-15-11-22(33)12-16-41)38-32-36-19-21(6-2)31(39-32)37-25-10-9-24-29(35-14-13-34-24)30(25)40(3)45(42,43)23-7-8-23/h6,9-10,13-14,17-19,22-23H,2,5,7-8,11-12,15-16,33H2,1,3-4H3,(H2,36,37,38,39). The van der Waals surface area contributed by atoms with E-state index in [1.54, 1.807) is 51.0 Å². The second-order valence-electron chi connectivity index (χ2n) is 11.4. The van der Waals surface area contributed by atoms with Crippen molar-refractivity contribution in [2.24, 2.45) is 5.73 Å². The number of nitrogens with one attached hydrogen (secondary N) is 2. The molecular formula is C32H39N9O3S. The molecule has 2 aliphatic rings. The second-order valence-corrected chi connectivity index (χ2v) is 13.7. The molecule has 4 N–H and O–H groups in total. The molecule has 3 heterocycles. The van der Waals surface area contributed by atoms with Gasteiger partial charge in [-0.25, -0.2) is 13.4 Å². The summed E-state index contributed by atoms with van der Waals surface area (Å²) in [6, 6.07) is 7.98. The first-order valence-corrected chi connectivity index (χ1v) is 16.7. The van der Waals surface area contributed by atoms with Gasteiger partial charge in [0.2, 0.25) is 16.0 Å². The number of anilines is 6. The zero-order valence-electron chi connectivity index (χ0n) is 25.8. The summed E-state index contributed by atoms with van der Waals surface area (Å²) in [6.45, 7) is 7.88. The highest BCUT2D eigenvalue weighted by Crippen LogP contribution is 2.41. The number of hydrogen-bond donors (Lipinski definition) is 3. The van der Waals surface area contributed by atoms with E-state index in [-0.39, 0.29) is 6.04 Å². The van der Waals surface area contributed by atoms with Crippen molar-refractivity contribution in [2.45, 2.75) is 50.3 Å². The Kier molecular flexibility index (Phi) is 8.47. The largest absolute Gasteiger partial charge is 0.494 e. The molecule has 13 heteroatoms. The number of benzene rings is 2. The molecule has 2 aromatic heterocycles. The lowest BCUT2D eigenvalue weighted by molar-refractivity contribution is 0.416. The topological polar surface area (TPSA) is 151 Å². The van der Waals surface area contributed by atoms with Gasteiger partial charge in [-0.05, 0) is 55.9 Å². The van der Waals surface area contributed by atoms with E-state index < -0.39 is 15.3 Å². The first-order chi connectivity index (χ1) is 21.7. The number of hydrogen-bond acceptors (Lipinski definition) is 11. The van der Waals surface area contributed by atoms with E-state index in [0.29, 0.717) is 58.3 Å². The van der Waals surface area contributed by atoms with Crippen molar-refractivity contribution in [2.75, 3.05) is 47.1 Å². The number of aryl methyl sites for hydroxylation is 1. The molecule has 45 heavy (non-hydrogen) atoms. The highest BCUT2D eigenvalue weighted by atomic mass is 32.2.